The number of anilines is 1. The number of ketones is 1. The Morgan fingerprint density at radius 3 is 2.25 bits per heavy atom. The summed E-state index contributed by atoms with van der Waals surface area (Å²) in [6.45, 7) is 3.35. The molecule has 4 heteroatoms. The summed E-state index contributed by atoms with van der Waals surface area (Å²) in [5.41, 5.74) is 2.67. The maximum absolute atomic E-state index is 12.3. The molecular weight excluding hydrogens is 274 g/mol. The lowest BCUT2D eigenvalue weighted by Gasteiger charge is -2.06. The van der Waals surface area contributed by atoms with Gasteiger partial charge in [0.2, 0.25) is 5.91 Å². The van der Waals surface area contributed by atoms with Crippen LogP contribution in [0.3, 0.4) is 0 Å². The van der Waals surface area contributed by atoms with Gasteiger partial charge in [0.15, 0.2) is 5.78 Å². The zero-order chi connectivity index (χ0) is 14.7. The minimum Gasteiger partial charge on any atom is -0.326 e. The summed E-state index contributed by atoms with van der Waals surface area (Å²) in [5, 5.41) is 3.10. The van der Waals surface area contributed by atoms with E-state index in [1.807, 2.05) is 13.0 Å². The van der Waals surface area contributed by atoms with Crippen molar-refractivity contribution in [2.45, 2.75) is 13.8 Å². The predicted molar refractivity (Wildman–Crippen MR) is 80.4 cm³/mol. The van der Waals surface area contributed by atoms with Gasteiger partial charge in [-0.25, -0.2) is 0 Å². The molecule has 2 aromatic carbocycles. The molecule has 3 nitrogen and oxygen atoms in total. The number of aryl methyl sites for hydroxylation is 1. The predicted octanol–water partition coefficient (Wildman–Crippen LogP) is 3.84. The van der Waals surface area contributed by atoms with Crippen LogP contribution in [0.5, 0.6) is 0 Å². The molecule has 0 radical (unpaired) electrons. The minimum atomic E-state index is -0.148. The van der Waals surface area contributed by atoms with E-state index in [-0.39, 0.29) is 11.7 Å². The second kappa shape index (κ2) is 5.88. The normalized spacial score (nSPS) is 10.2. The zero-order valence-corrected chi connectivity index (χ0v) is 12.0. The summed E-state index contributed by atoms with van der Waals surface area (Å²) in [7, 11) is 0. The van der Waals surface area contributed by atoms with E-state index in [2.05, 4.69) is 5.32 Å². The van der Waals surface area contributed by atoms with Gasteiger partial charge in [0.25, 0.3) is 0 Å². The summed E-state index contributed by atoms with van der Waals surface area (Å²) in [6, 6.07) is 12.1. The summed E-state index contributed by atoms with van der Waals surface area (Å²) in [4.78, 5) is 23.3. The fourth-order valence-electron chi connectivity index (χ4n) is 1.87. The van der Waals surface area contributed by atoms with Crippen molar-refractivity contribution in [2.24, 2.45) is 0 Å². The lowest BCUT2D eigenvalue weighted by Crippen LogP contribution is -2.06. The quantitative estimate of drug-likeness (QED) is 0.872. The van der Waals surface area contributed by atoms with E-state index >= 15 is 0 Å². The molecule has 0 heterocycles. The van der Waals surface area contributed by atoms with E-state index in [0.29, 0.717) is 21.8 Å². The molecule has 20 heavy (non-hydrogen) atoms. The van der Waals surface area contributed by atoms with Crippen LogP contribution in [0.15, 0.2) is 42.5 Å². The van der Waals surface area contributed by atoms with E-state index in [1.165, 1.54) is 6.92 Å². The highest BCUT2D eigenvalue weighted by Crippen LogP contribution is 2.21. The fraction of sp³-hybridized carbons (Fsp3) is 0.125. The molecule has 0 aromatic heterocycles. The van der Waals surface area contributed by atoms with Crippen LogP contribution < -0.4 is 5.32 Å². The molecule has 1 N–H and O–H groups in total. The number of benzene rings is 2. The Balaban J connectivity index is 2.27. The van der Waals surface area contributed by atoms with Crippen molar-refractivity contribution in [1.29, 1.82) is 0 Å². The van der Waals surface area contributed by atoms with Crippen LogP contribution in [-0.4, -0.2) is 11.7 Å². The number of hydrogen-bond acceptors (Lipinski definition) is 2. The average molecular weight is 288 g/mol. The molecule has 0 unspecified atom stereocenters. The Bertz CT molecular complexity index is 663. The largest absolute Gasteiger partial charge is 0.326 e. The van der Waals surface area contributed by atoms with Crippen LogP contribution in [0, 0.1) is 6.92 Å². The molecule has 102 valence electrons. The summed E-state index contributed by atoms with van der Waals surface area (Å²) >= 11 is 6.10. The van der Waals surface area contributed by atoms with Crippen LogP contribution in [0.25, 0.3) is 0 Å². The third-order valence-corrected chi connectivity index (χ3v) is 3.15. The zero-order valence-electron chi connectivity index (χ0n) is 11.2. The van der Waals surface area contributed by atoms with Gasteiger partial charge >= 0.3 is 0 Å². The number of carbonyl (C=O) groups is 2. The Kier molecular flexibility index (Phi) is 4.20. The van der Waals surface area contributed by atoms with E-state index in [0.717, 1.165) is 5.56 Å². The first kappa shape index (κ1) is 14.3. The van der Waals surface area contributed by atoms with E-state index in [9.17, 15) is 9.59 Å². The second-order valence-electron chi connectivity index (χ2n) is 4.57. The van der Waals surface area contributed by atoms with Crippen LogP contribution in [-0.2, 0) is 4.79 Å². The molecule has 0 aliphatic rings. The Morgan fingerprint density at radius 1 is 1.05 bits per heavy atom. The summed E-state index contributed by atoms with van der Waals surface area (Å²) in [6.07, 6.45) is 0. The minimum absolute atomic E-state index is 0.135. The standard InChI is InChI=1S/C16H14ClNO2/c1-10-3-8-14(15(17)9-10)16(20)12-4-6-13(7-5-12)18-11(2)19/h3-9H,1-2H3,(H,18,19). The average Bonchev–Trinajstić information content (AvgIpc) is 2.38. The molecule has 0 saturated heterocycles. The first-order valence-electron chi connectivity index (χ1n) is 6.16. The smallest absolute Gasteiger partial charge is 0.221 e. The number of halogens is 1. The highest BCUT2D eigenvalue weighted by molar-refractivity contribution is 6.35. The van der Waals surface area contributed by atoms with Crippen molar-refractivity contribution in [3.8, 4) is 0 Å². The van der Waals surface area contributed by atoms with Crippen LogP contribution >= 0.6 is 11.6 Å². The number of hydrogen-bond donors (Lipinski definition) is 1. The topological polar surface area (TPSA) is 46.2 Å². The molecule has 0 aliphatic heterocycles. The Hall–Kier alpha value is -2.13. The molecule has 1 amide bonds. The van der Waals surface area contributed by atoms with Crippen molar-refractivity contribution < 1.29 is 9.59 Å². The monoisotopic (exact) mass is 287 g/mol. The SMILES string of the molecule is CC(=O)Nc1ccc(C(=O)c2ccc(C)cc2Cl)cc1. The fourth-order valence-corrected chi connectivity index (χ4v) is 2.19. The highest BCUT2D eigenvalue weighted by atomic mass is 35.5. The van der Waals surface area contributed by atoms with E-state index < -0.39 is 0 Å². The maximum atomic E-state index is 12.3. The molecule has 0 bridgehead atoms. The van der Waals surface area contributed by atoms with Crippen molar-refractivity contribution in [3.05, 3.63) is 64.2 Å². The number of nitrogens with one attached hydrogen (secondary N) is 1. The number of carbonyl (C=O) groups excluding carboxylic acids is 2. The van der Waals surface area contributed by atoms with Gasteiger partial charge in [-0.1, -0.05) is 17.7 Å². The van der Waals surface area contributed by atoms with Crippen molar-refractivity contribution in [3.63, 3.8) is 0 Å². The van der Waals surface area contributed by atoms with E-state index in [1.54, 1.807) is 36.4 Å². The van der Waals surface area contributed by atoms with Gasteiger partial charge < -0.3 is 5.32 Å². The first-order valence-corrected chi connectivity index (χ1v) is 6.53. The van der Waals surface area contributed by atoms with Crippen molar-refractivity contribution in [1.82, 2.24) is 0 Å². The molecule has 0 spiro atoms. The van der Waals surface area contributed by atoms with Gasteiger partial charge in [0.05, 0.1) is 5.02 Å². The molecular formula is C16H14ClNO2. The third kappa shape index (κ3) is 3.25. The van der Waals surface area contributed by atoms with Gasteiger partial charge in [-0.15, -0.1) is 0 Å². The van der Waals surface area contributed by atoms with Crippen LogP contribution in [0.1, 0.15) is 28.4 Å². The Morgan fingerprint density at radius 2 is 1.70 bits per heavy atom. The number of rotatable bonds is 3. The molecule has 0 aliphatic carbocycles. The third-order valence-electron chi connectivity index (χ3n) is 2.84. The number of amides is 1. The second-order valence-corrected chi connectivity index (χ2v) is 4.98. The lowest BCUT2D eigenvalue weighted by atomic mass is 10.0. The van der Waals surface area contributed by atoms with Gasteiger partial charge in [0, 0.05) is 23.7 Å². The van der Waals surface area contributed by atoms with Crippen molar-refractivity contribution >= 4 is 29.0 Å². The molecule has 0 saturated carbocycles. The molecule has 2 rings (SSSR count). The molecule has 2 aromatic rings. The summed E-state index contributed by atoms with van der Waals surface area (Å²) < 4.78 is 0. The Labute approximate surface area is 122 Å². The first-order chi connectivity index (χ1) is 9.47. The summed E-state index contributed by atoms with van der Waals surface area (Å²) in [5.74, 6) is -0.282. The molecule has 0 atom stereocenters. The maximum Gasteiger partial charge on any atom is 0.221 e. The molecule has 0 fully saturated rings. The van der Waals surface area contributed by atoms with Gasteiger partial charge in [-0.2, -0.15) is 0 Å². The van der Waals surface area contributed by atoms with Crippen LogP contribution in [0.2, 0.25) is 5.02 Å². The van der Waals surface area contributed by atoms with Gasteiger partial charge in [-0.3, -0.25) is 9.59 Å². The van der Waals surface area contributed by atoms with Crippen molar-refractivity contribution in [2.75, 3.05) is 5.32 Å². The van der Waals surface area contributed by atoms with Crippen LogP contribution in [0.4, 0.5) is 5.69 Å². The highest BCUT2D eigenvalue weighted by Gasteiger charge is 2.12. The van der Waals surface area contributed by atoms with E-state index in [4.69, 9.17) is 11.6 Å². The van der Waals surface area contributed by atoms with Gasteiger partial charge in [-0.05, 0) is 48.9 Å². The lowest BCUT2D eigenvalue weighted by molar-refractivity contribution is -0.114. The van der Waals surface area contributed by atoms with Gasteiger partial charge in [0.1, 0.15) is 0 Å².